The van der Waals surface area contributed by atoms with Crippen LogP contribution >= 0.6 is 0 Å². The molecule has 1 aliphatic rings. The van der Waals surface area contributed by atoms with Gasteiger partial charge in [0.1, 0.15) is 0 Å². The summed E-state index contributed by atoms with van der Waals surface area (Å²) < 4.78 is 1.98. The maximum Gasteiger partial charge on any atom is 0.0843 e. The molecule has 0 bridgehead atoms. The molecule has 0 radical (unpaired) electrons. The molecule has 1 saturated heterocycles. The molecule has 1 aromatic carbocycles. The lowest BCUT2D eigenvalue weighted by atomic mass is 10.2. The number of para-hydroxylation sites is 1. The van der Waals surface area contributed by atoms with E-state index in [2.05, 4.69) is 46.6 Å². The van der Waals surface area contributed by atoms with E-state index in [9.17, 15) is 0 Å². The van der Waals surface area contributed by atoms with E-state index in [0.717, 1.165) is 19.6 Å². The second-order valence-corrected chi connectivity index (χ2v) is 5.15. The van der Waals surface area contributed by atoms with E-state index in [1.807, 2.05) is 11.7 Å². The normalized spacial score (nSPS) is 20.1. The van der Waals surface area contributed by atoms with Crippen LogP contribution in [0.3, 0.4) is 0 Å². The molecule has 1 N–H and O–H groups in total. The van der Waals surface area contributed by atoms with Gasteiger partial charge in [-0.15, -0.1) is 0 Å². The summed E-state index contributed by atoms with van der Waals surface area (Å²) in [6, 6.07) is 9.09. The number of hydrogen-bond acceptors (Lipinski definition) is 3. The number of fused-ring (bicyclic) bond motifs is 1. The average molecular weight is 244 g/mol. The molecular formula is C14H20N4. The third-order valence-corrected chi connectivity index (χ3v) is 3.89. The predicted molar refractivity (Wildman–Crippen MR) is 73.5 cm³/mol. The molecule has 1 aromatic heterocycles. The number of benzene rings is 1. The Bertz CT molecular complexity index is 540. The molecule has 0 aliphatic carbocycles. The van der Waals surface area contributed by atoms with Crippen molar-refractivity contribution in [2.45, 2.75) is 19.0 Å². The molecule has 1 unspecified atom stereocenters. The van der Waals surface area contributed by atoms with Crippen LogP contribution in [0.1, 0.15) is 12.1 Å². The first-order chi connectivity index (χ1) is 8.75. The Balaban J connectivity index is 1.86. The molecule has 1 aliphatic heterocycles. The summed E-state index contributed by atoms with van der Waals surface area (Å²) in [5, 5.41) is 9.35. The van der Waals surface area contributed by atoms with E-state index in [4.69, 9.17) is 0 Å². The molecule has 3 rings (SSSR count). The first-order valence-electron chi connectivity index (χ1n) is 6.57. The Morgan fingerprint density at radius 3 is 3.06 bits per heavy atom. The van der Waals surface area contributed by atoms with Gasteiger partial charge in [0.2, 0.25) is 0 Å². The number of likely N-dealkylation sites (N-methyl/N-ethyl adjacent to an activating group) is 1. The van der Waals surface area contributed by atoms with Gasteiger partial charge in [-0.1, -0.05) is 18.2 Å². The fraction of sp³-hybridized carbons (Fsp3) is 0.500. The summed E-state index contributed by atoms with van der Waals surface area (Å²) in [6.07, 6.45) is 1.24. The lowest BCUT2D eigenvalue weighted by Crippen LogP contribution is -2.33. The summed E-state index contributed by atoms with van der Waals surface area (Å²) >= 11 is 0. The zero-order valence-electron chi connectivity index (χ0n) is 11.1. The largest absolute Gasteiger partial charge is 0.315 e. The highest BCUT2D eigenvalue weighted by atomic mass is 15.3. The number of aryl methyl sites for hydroxylation is 1. The predicted octanol–water partition coefficient (Wildman–Crippen LogP) is 1.37. The molecule has 1 fully saturated rings. The summed E-state index contributed by atoms with van der Waals surface area (Å²) in [5.41, 5.74) is 2.40. The highest BCUT2D eigenvalue weighted by Gasteiger charge is 2.20. The van der Waals surface area contributed by atoms with Crippen molar-refractivity contribution in [3.05, 3.63) is 30.0 Å². The van der Waals surface area contributed by atoms with E-state index in [1.54, 1.807) is 0 Å². The van der Waals surface area contributed by atoms with Gasteiger partial charge < -0.3 is 5.32 Å². The van der Waals surface area contributed by atoms with Crippen LogP contribution in [0.4, 0.5) is 0 Å². The van der Waals surface area contributed by atoms with Gasteiger partial charge >= 0.3 is 0 Å². The number of hydrogen-bond donors (Lipinski definition) is 1. The lowest BCUT2D eigenvalue weighted by molar-refractivity contribution is 0.246. The van der Waals surface area contributed by atoms with Crippen LogP contribution in [0.2, 0.25) is 0 Å². The van der Waals surface area contributed by atoms with Gasteiger partial charge in [-0.2, -0.15) is 5.10 Å². The monoisotopic (exact) mass is 244 g/mol. The fourth-order valence-corrected chi connectivity index (χ4v) is 2.79. The van der Waals surface area contributed by atoms with E-state index in [0.29, 0.717) is 6.04 Å². The van der Waals surface area contributed by atoms with E-state index in [1.165, 1.54) is 23.0 Å². The quantitative estimate of drug-likeness (QED) is 0.885. The summed E-state index contributed by atoms with van der Waals surface area (Å²) in [4.78, 5) is 2.41. The standard InChI is InChI=1S/C14H20N4/c1-17(11-7-8-15-9-11)10-13-12-5-3-4-6-14(12)18(2)16-13/h3-6,11,15H,7-10H2,1-2H3. The van der Waals surface area contributed by atoms with Gasteiger partial charge in [-0.3, -0.25) is 9.58 Å². The minimum Gasteiger partial charge on any atom is -0.315 e. The Hall–Kier alpha value is -1.39. The van der Waals surface area contributed by atoms with E-state index < -0.39 is 0 Å². The SMILES string of the molecule is CN(Cc1nn(C)c2ccccc12)C1CCNC1. The van der Waals surface area contributed by atoms with Gasteiger partial charge in [-0.25, -0.2) is 0 Å². The van der Waals surface area contributed by atoms with Crippen LogP contribution in [0.25, 0.3) is 10.9 Å². The third-order valence-electron chi connectivity index (χ3n) is 3.89. The molecule has 2 aromatic rings. The molecular weight excluding hydrogens is 224 g/mol. The Morgan fingerprint density at radius 1 is 1.44 bits per heavy atom. The van der Waals surface area contributed by atoms with Crippen LogP contribution in [0.15, 0.2) is 24.3 Å². The topological polar surface area (TPSA) is 33.1 Å². The number of rotatable bonds is 3. The molecule has 4 heteroatoms. The summed E-state index contributed by atoms with van der Waals surface area (Å²) in [5.74, 6) is 0. The molecule has 96 valence electrons. The summed E-state index contributed by atoms with van der Waals surface area (Å²) in [6.45, 7) is 3.16. The Morgan fingerprint density at radius 2 is 2.28 bits per heavy atom. The van der Waals surface area contributed by atoms with Crippen molar-refractivity contribution in [1.82, 2.24) is 20.0 Å². The van der Waals surface area contributed by atoms with E-state index >= 15 is 0 Å². The van der Waals surface area contributed by atoms with Crippen molar-refractivity contribution in [1.29, 1.82) is 0 Å². The van der Waals surface area contributed by atoms with Gasteiger partial charge in [0, 0.05) is 31.6 Å². The van der Waals surface area contributed by atoms with Crippen LogP contribution in [0.5, 0.6) is 0 Å². The van der Waals surface area contributed by atoms with Crippen molar-refractivity contribution in [3.63, 3.8) is 0 Å². The molecule has 4 nitrogen and oxygen atoms in total. The zero-order valence-corrected chi connectivity index (χ0v) is 11.1. The van der Waals surface area contributed by atoms with Crippen molar-refractivity contribution in [2.75, 3.05) is 20.1 Å². The smallest absolute Gasteiger partial charge is 0.0843 e. The average Bonchev–Trinajstić information content (AvgIpc) is 3.00. The van der Waals surface area contributed by atoms with Crippen molar-refractivity contribution < 1.29 is 0 Å². The highest BCUT2D eigenvalue weighted by molar-refractivity contribution is 5.81. The van der Waals surface area contributed by atoms with Crippen LogP contribution in [0, 0.1) is 0 Å². The van der Waals surface area contributed by atoms with Crippen LogP contribution in [-0.4, -0.2) is 40.9 Å². The highest BCUT2D eigenvalue weighted by Crippen LogP contribution is 2.20. The summed E-state index contributed by atoms with van der Waals surface area (Å²) in [7, 11) is 4.21. The van der Waals surface area contributed by atoms with Crippen molar-refractivity contribution >= 4 is 10.9 Å². The maximum atomic E-state index is 4.66. The van der Waals surface area contributed by atoms with Crippen LogP contribution < -0.4 is 5.32 Å². The fourth-order valence-electron chi connectivity index (χ4n) is 2.79. The first kappa shape index (κ1) is 11.7. The van der Waals surface area contributed by atoms with Gasteiger partial charge in [0.25, 0.3) is 0 Å². The Labute approximate surface area is 108 Å². The van der Waals surface area contributed by atoms with Gasteiger partial charge in [-0.05, 0) is 26.1 Å². The maximum absolute atomic E-state index is 4.66. The van der Waals surface area contributed by atoms with E-state index in [-0.39, 0.29) is 0 Å². The molecule has 0 spiro atoms. The Kier molecular flexibility index (Phi) is 3.06. The second kappa shape index (κ2) is 4.71. The number of aromatic nitrogens is 2. The number of nitrogens with one attached hydrogen (secondary N) is 1. The van der Waals surface area contributed by atoms with Crippen molar-refractivity contribution in [3.8, 4) is 0 Å². The van der Waals surface area contributed by atoms with Crippen molar-refractivity contribution in [2.24, 2.45) is 7.05 Å². The molecule has 18 heavy (non-hydrogen) atoms. The minimum atomic E-state index is 0.644. The minimum absolute atomic E-state index is 0.644. The first-order valence-corrected chi connectivity index (χ1v) is 6.57. The molecule has 1 atom stereocenters. The molecule has 0 amide bonds. The number of nitrogens with zero attached hydrogens (tertiary/aromatic N) is 3. The second-order valence-electron chi connectivity index (χ2n) is 5.15. The third kappa shape index (κ3) is 2.02. The zero-order chi connectivity index (χ0) is 12.5. The molecule has 2 heterocycles. The van der Waals surface area contributed by atoms with Gasteiger partial charge in [0.15, 0.2) is 0 Å². The molecule has 0 saturated carbocycles. The lowest BCUT2D eigenvalue weighted by Gasteiger charge is -2.22. The van der Waals surface area contributed by atoms with Gasteiger partial charge in [0.05, 0.1) is 11.2 Å². The van der Waals surface area contributed by atoms with Crippen LogP contribution in [-0.2, 0) is 13.6 Å².